The molecular formula is C44H52I4O4. The van der Waals surface area contributed by atoms with Crippen molar-refractivity contribution in [1.29, 1.82) is 0 Å². The van der Waals surface area contributed by atoms with E-state index in [-0.39, 0.29) is 0 Å². The summed E-state index contributed by atoms with van der Waals surface area (Å²) in [5, 5.41) is 0. The third-order valence-corrected chi connectivity index (χ3v) is 14.9. The Labute approximate surface area is 366 Å². The molecule has 0 fully saturated rings. The highest BCUT2D eigenvalue weighted by atomic mass is 127. The number of unbranched alkanes of at least 4 members (excludes halogenated alkanes) is 4. The van der Waals surface area contributed by atoms with E-state index >= 15 is 0 Å². The van der Waals surface area contributed by atoms with Crippen LogP contribution >= 0.6 is 90.4 Å². The van der Waals surface area contributed by atoms with Crippen molar-refractivity contribution in [3.8, 4) is 23.0 Å². The average Bonchev–Trinajstić information content (AvgIpc) is 3.12. The van der Waals surface area contributed by atoms with E-state index in [9.17, 15) is 0 Å². The maximum atomic E-state index is 6.43. The Kier molecular flexibility index (Phi) is 17.3. The number of benzene rings is 4. The van der Waals surface area contributed by atoms with Crippen molar-refractivity contribution in [3.63, 3.8) is 0 Å². The Balaban J connectivity index is 1.73. The van der Waals surface area contributed by atoms with Gasteiger partial charge in [-0.05, 0) is 235 Å². The Morgan fingerprint density at radius 2 is 0.519 bits per heavy atom. The van der Waals surface area contributed by atoms with E-state index < -0.39 is 0 Å². The molecular weight excluding hydrogens is 1100 g/mol. The van der Waals surface area contributed by atoms with Gasteiger partial charge in [-0.1, -0.05) is 53.4 Å². The van der Waals surface area contributed by atoms with E-state index in [1.807, 2.05) is 0 Å². The maximum absolute atomic E-state index is 6.43. The maximum Gasteiger partial charge on any atom is 0.119 e. The second-order valence-corrected chi connectivity index (χ2v) is 18.1. The molecule has 5 rings (SSSR count). The van der Waals surface area contributed by atoms with Gasteiger partial charge >= 0.3 is 0 Å². The summed E-state index contributed by atoms with van der Waals surface area (Å²) in [7, 11) is 0. The molecule has 52 heavy (non-hydrogen) atoms. The van der Waals surface area contributed by atoms with E-state index in [0.717, 1.165) is 126 Å². The summed E-state index contributed by atoms with van der Waals surface area (Å²) < 4.78 is 30.9. The van der Waals surface area contributed by atoms with Crippen LogP contribution in [0.5, 0.6) is 23.0 Å². The Bertz CT molecular complexity index is 1450. The first-order valence-corrected chi connectivity index (χ1v) is 23.3. The average molecular weight is 1150 g/mol. The molecule has 4 aromatic rings. The van der Waals surface area contributed by atoms with Gasteiger partial charge in [-0.3, -0.25) is 0 Å². The van der Waals surface area contributed by atoms with E-state index in [2.05, 4.69) is 167 Å². The quantitative estimate of drug-likeness (QED) is 0.0729. The number of rotatable bonds is 16. The highest BCUT2D eigenvalue weighted by Gasteiger charge is 2.21. The minimum absolute atomic E-state index is 0.724. The molecule has 0 heterocycles. The first-order chi connectivity index (χ1) is 25.2. The van der Waals surface area contributed by atoms with Gasteiger partial charge in [-0.2, -0.15) is 0 Å². The molecule has 4 nitrogen and oxygen atoms in total. The zero-order valence-electron chi connectivity index (χ0n) is 31.1. The van der Waals surface area contributed by atoms with Gasteiger partial charge in [0.05, 0.1) is 26.4 Å². The van der Waals surface area contributed by atoms with E-state index in [4.69, 9.17) is 18.9 Å². The topological polar surface area (TPSA) is 36.9 Å². The van der Waals surface area contributed by atoms with Crippen molar-refractivity contribution < 1.29 is 18.9 Å². The molecule has 0 amide bonds. The third-order valence-electron chi connectivity index (χ3n) is 9.38. The van der Waals surface area contributed by atoms with Crippen molar-refractivity contribution in [1.82, 2.24) is 0 Å². The minimum atomic E-state index is 0.724. The third kappa shape index (κ3) is 11.5. The fourth-order valence-corrected chi connectivity index (χ4v) is 9.16. The van der Waals surface area contributed by atoms with Crippen LogP contribution in [-0.2, 0) is 25.7 Å². The van der Waals surface area contributed by atoms with Gasteiger partial charge in [0.25, 0.3) is 0 Å². The normalized spacial score (nSPS) is 12.5. The zero-order chi connectivity index (χ0) is 37.0. The van der Waals surface area contributed by atoms with Crippen LogP contribution in [0.15, 0.2) is 48.5 Å². The molecule has 0 N–H and O–H groups in total. The van der Waals surface area contributed by atoms with Crippen LogP contribution in [0.1, 0.15) is 124 Å². The Hall–Kier alpha value is -1.00. The van der Waals surface area contributed by atoms with Crippen molar-refractivity contribution in [2.45, 2.75) is 105 Å². The van der Waals surface area contributed by atoms with E-state index in [1.54, 1.807) is 0 Å². The Morgan fingerprint density at radius 3 is 0.673 bits per heavy atom. The smallest absolute Gasteiger partial charge is 0.119 e. The predicted molar refractivity (Wildman–Crippen MR) is 249 cm³/mol. The summed E-state index contributed by atoms with van der Waals surface area (Å²) in [6.45, 7) is 11.7. The zero-order valence-corrected chi connectivity index (χ0v) is 39.7. The molecule has 0 aliphatic heterocycles. The molecule has 0 radical (unpaired) electrons. The lowest BCUT2D eigenvalue weighted by atomic mass is 9.93. The van der Waals surface area contributed by atoms with Gasteiger partial charge in [0, 0.05) is 14.3 Å². The highest BCUT2D eigenvalue weighted by Crippen LogP contribution is 2.37. The van der Waals surface area contributed by atoms with Gasteiger partial charge in [0.1, 0.15) is 23.0 Å². The van der Waals surface area contributed by atoms with E-state index in [0.29, 0.717) is 0 Å². The number of hydrogen-bond donors (Lipinski definition) is 0. The van der Waals surface area contributed by atoms with Gasteiger partial charge in [0.15, 0.2) is 0 Å². The molecule has 8 bridgehead atoms. The molecule has 1 aliphatic rings. The highest BCUT2D eigenvalue weighted by molar-refractivity contribution is 14.1. The minimum Gasteiger partial charge on any atom is -0.494 e. The van der Waals surface area contributed by atoms with Crippen LogP contribution in [0.2, 0.25) is 0 Å². The summed E-state index contributed by atoms with van der Waals surface area (Å²) in [4.78, 5) is 0. The van der Waals surface area contributed by atoms with Crippen LogP contribution in [0.25, 0.3) is 0 Å². The standard InChI is InChI=1S/C44H52I4O4/c1-5-9-13-49-37-21-29-17-31-23-38(50-14-10-6-2)25-33(42(31)46)19-35-27-40(52-16-12-8-4)28-36(44(35)48)20-34-26-39(51-15-11-7-3)24-32(43(34)47)18-30(22-37)41(29)45/h21-28H,5-20H2,1-4H3. The van der Waals surface area contributed by atoms with Crippen molar-refractivity contribution in [2.24, 2.45) is 0 Å². The lowest BCUT2D eigenvalue weighted by Crippen LogP contribution is -2.09. The molecule has 0 saturated carbocycles. The van der Waals surface area contributed by atoms with Gasteiger partial charge in [0.2, 0.25) is 0 Å². The van der Waals surface area contributed by atoms with Crippen LogP contribution < -0.4 is 18.9 Å². The lowest BCUT2D eigenvalue weighted by molar-refractivity contribution is 0.308. The van der Waals surface area contributed by atoms with Gasteiger partial charge in [-0.15, -0.1) is 0 Å². The number of fused-ring (bicyclic) bond motifs is 8. The fourth-order valence-electron chi connectivity index (χ4n) is 6.39. The van der Waals surface area contributed by atoms with Crippen LogP contribution in [-0.4, -0.2) is 26.4 Å². The number of hydrogen-bond acceptors (Lipinski definition) is 4. The molecule has 4 aromatic carbocycles. The SMILES string of the molecule is CCCCOc1cc2c(I)c(c1)Cc1cc(OCCCC)cc(c1I)Cc1cc(OCCCC)cc(c1I)Cc1cc(OCCCC)cc(c1I)C2. The van der Waals surface area contributed by atoms with Crippen molar-refractivity contribution >= 4 is 90.4 Å². The summed E-state index contributed by atoms with van der Waals surface area (Å²) in [5.41, 5.74) is 10.3. The summed E-state index contributed by atoms with van der Waals surface area (Å²) in [5.74, 6) is 3.82. The number of ether oxygens (including phenoxy) is 4. The fraction of sp³-hybridized carbons (Fsp3) is 0.455. The summed E-state index contributed by atoms with van der Waals surface area (Å²) >= 11 is 10.3. The lowest BCUT2D eigenvalue weighted by Gasteiger charge is -2.21. The van der Waals surface area contributed by atoms with E-state index in [1.165, 1.54) is 58.8 Å². The van der Waals surface area contributed by atoms with Gasteiger partial charge in [-0.25, -0.2) is 0 Å². The second-order valence-electron chi connectivity index (χ2n) is 13.7. The summed E-state index contributed by atoms with van der Waals surface area (Å²) in [6, 6.07) is 18.2. The van der Waals surface area contributed by atoms with Gasteiger partial charge < -0.3 is 18.9 Å². The molecule has 280 valence electrons. The molecule has 0 unspecified atom stereocenters. The van der Waals surface area contributed by atoms with Crippen molar-refractivity contribution in [2.75, 3.05) is 26.4 Å². The predicted octanol–water partition coefficient (Wildman–Crippen LogP) is 13.5. The molecule has 0 atom stereocenters. The van der Waals surface area contributed by atoms with Crippen LogP contribution in [0, 0.1) is 14.3 Å². The first-order valence-electron chi connectivity index (χ1n) is 19.0. The largest absolute Gasteiger partial charge is 0.494 e. The molecule has 1 aliphatic carbocycles. The Morgan fingerprint density at radius 1 is 0.346 bits per heavy atom. The first kappa shape index (κ1) is 42.1. The molecule has 0 saturated heterocycles. The number of halogens is 4. The van der Waals surface area contributed by atoms with Crippen LogP contribution in [0.3, 0.4) is 0 Å². The molecule has 8 heteroatoms. The van der Waals surface area contributed by atoms with Crippen molar-refractivity contribution in [3.05, 3.63) is 107 Å². The molecule has 0 spiro atoms. The second kappa shape index (κ2) is 21.3. The van der Waals surface area contributed by atoms with Crippen LogP contribution in [0.4, 0.5) is 0 Å². The summed E-state index contributed by atoms with van der Waals surface area (Å²) in [6.07, 6.45) is 11.8. The molecule has 0 aromatic heterocycles. The monoisotopic (exact) mass is 1150 g/mol.